The Kier molecular flexibility index (Phi) is 7.49. The van der Waals surface area contributed by atoms with Crippen LogP contribution >= 0.6 is 22.7 Å². The Hall–Kier alpha value is -2.32. The first-order valence-electron chi connectivity index (χ1n) is 7.79. The van der Waals surface area contributed by atoms with Gasteiger partial charge in [-0.05, 0) is 44.5 Å². The van der Waals surface area contributed by atoms with E-state index in [2.05, 4.69) is 21.1 Å². The van der Waals surface area contributed by atoms with E-state index in [9.17, 15) is 9.59 Å². The number of carbonyl (C=O) groups is 2. The molecule has 2 aromatic heterocycles. The highest BCUT2D eigenvalue weighted by atomic mass is 32.1. The first-order valence-corrected chi connectivity index (χ1v) is 9.43. The summed E-state index contributed by atoms with van der Waals surface area (Å²) in [4.78, 5) is 27.6. The standard InChI is InChI=1S/C17H20N4O2S2/c1-12-6-8-14(24-12)10-18-20-16(22)4-3-5-17(23)21-19-11-15-9-7-13(2)25-15/h6-11H,3-5H2,1-2H3,(H,20,22)(H,21,23)/b18-10+,19-11+. The second kappa shape index (κ2) is 9.85. The smallest absolute Gasteiger partial charge is 0.240 e. The first kappa shape index (κ1) is 19.0. The van der Waals surface area contributed by atoms with Gasteiger partial charge in [-0.3, -0.25) is 9.59 Å². The van der Waals surface area contributed by atoms with Gasteiger partial charge in [-0.2, -0.15) is 10.2 Å². The monoisotopic (exact) mass is 376 g/mol. The van der Waals surface area contributed by atoms with Crippen molar-refractivity contribution in [3.63, 3.8) is 0 Å². The molecule has 0 radical (unpaired) electrons. The molecule has 25 heavy (non-hydrogen) atoms. The molecule has 0 fully saturated rings. The minimum atomic E-state index is -0.213. The average molecular weight is 377 g/mol. The maximum atomic E-state index is 11.6. The van der Waals surface area contributed by atoms with Gasteiger partial charge in [-0.15, -0.1) is 22.7 Å². The topological polar surface area (TPSA) is 82.9 Å². The van der Waals surface area contributed by atoms with E-state index in [0.29, 0.717) is 6.42 Å². The third-order valence-electron chi connectivity index (χ3n) is 3.09. The van der Waals surface area contributed by atoms with Gasteiger partial charge >= 0.3 is 0 Å². The van der Waals surface area contributed by atoms with Crippen LogP contribution in [0.1, 0.15) is 38.8 Å². The zero-order valence-electron chi connectivity index (χ0n) is 14.1. The van der Waals surface area contributed by atoms with Crippen molar-refractivity contribution in [1.82, 2.24) is 10.9 Å². The summed E-state index contributed by atoms with van der Waals surface area (Å²) in [6.07, 6.45) is 4.15. The van der Waals surface area contributed by atoms with Gasteiger partial charge in [0, 0.05) is 32.4 Å². The quantitative estimate of drug-likeness (QED) is 0.548. The van der Waals surface area contributed by atoms with E-state index in [1.807, 2.05) is 38.1 Å². The second-order valence-electron chi connectivity index (χ2n) is 5.34. The normalized spacial score (nSPS) is 11.3. The van der Waals surface area contributed by atoms with Gasteiger partial charge in [0.1, 0.15) is 0 Å². The molecule has 2 amide bonds. The van der Waals surface area contributed by atoms with Crippen LogP contribution in [0.15, 0.2) is 34.5 Å². The summed E-state index contributed by atoms with van der Waals surface area (Å²) in [5, 5.41) is 7.80. The summed E-state index contributed by atoms with van der Waals surface area (Å²) in [5.74, 6) is -0.426. The van der Waals surface area contributed by atoms with E-state index in [0.717, 1.165) is 9.75 Å². The zero-order valence-corrected chi connectivity index (χ0v) is 15.7. The molecule has 8 heteroatoms. The largest absolute Gasteiger partial charge is 0.273 e. The van der Waals surface area contributed by atoms with E-state index in [-0.39, 0.29) is 24.7 Å². The predicted molar refractivity (Wildman–Crippen MR) is 103 cm³/mol. The summed E-state index contributed by atoms with van der Waals surface area (Å²) in [7, 11) is 0. The number of rotatable bonds is 8. The molecule has 2 aromatic rings. The molecule has 0 aromatic carbocycles. The number of thiophene rings is 2. The van der Waals surface area contributed by atoms with E-state index < -0.39 is 0 Å². The highest BCUT2D eigenvalue weighted by Crippen LogP contribution is 2.12. The fourth-order valence-corrected chi connectivity index (χ4v) is 3.40. The summed E-state index contributed by atoms with van der Waals surface area (Å²) in [6.45, 7) is 4.02. The Morgan fingerprint density at radius 3 is 1.68 bits per heavy atom. The van der Waals surface area contributed by atoms with Gasteiger partial charge < -0.3 is 0 Å². The molecule has 0 aliphatic carbocycles. The molecular formula is C17H20N4O2S2. The minimum absolute atomic E-state index is 0.213. The molecule has 132 valence electrons. The molecular weight excluding hydrogens is 356 g/mol. The summed E-state index contributed by atoms with van der Waals surface area (Å²) in [5.41, 5.74) is 4.92. The zero-order chi connectivity index (χ0) is 18.1. The van der Waals surface area contributed by atoms with Crippen LogP contribution < -0.4 is 10.9 Å². The van der Waals surface area contributed by atoms with Crippen molar-refractivity contribution in [3.8, 4) is 0 Å². The van der Waals surface area contributed by atoms with Crippen LogP contribution in [0.25, 0.3) is 0 Å². The van der Waals surface area contributed by atoms with Gasteiger partial charge in [-0.25, -0.2) is 10.9 Å². The van der Waals surface area contributed by atoms with Crippen LogP contribution in [0.2, 0.25) is 0 Å². The van der Waals surface area contributed by atoms with Crippen molar-refractivity contribution >= 4 is 46.9 Å². The van der Waals surface area contributed by atoms with Crippen molar-refractivity contribution in [2.75, 3.05) is 0 Å². The number of aryl methyl sites for hydroxylation is 2. The Labute approximate surface area is 154 Å². The molecule has 0 bridgehead atoms. The van der Waals surface area contributed by atoms with E-state index >= 15 is 0 Å². The van der Waals surface area contributed by atoms with E-state index in [1.165, 1.54) is 9.75 Å². The van der Waals surface area contributed by atoms with Crippen molar-refractivity contribution in [3.05, 3.63) is 43.8 Å². The predicted octanol–water partition coefficient (Wildman–Crippen LogP) is 3.20. The van der Waals surface area contributed by atoms with Crippen LogP contribution in [-0.4, -0.2) is 24.2 Å². The Bertz CT molecular complexity index is 713. The molecule has 0 unspecified atom stereocenters. The fraction of sp³-hybridized carbons (Fsp3) is 0.294. The third kappa shape index (κ3) is 7.40. The molecule has 2 rings (SSSR count). The van der Waals surface area contributed by atoms with Gasteiger partial charge in [0.05, 0.1) is 12.4 Å². The highest BCUT2D eigenvalue weighted by Gasteiger charge is 2.04. The Morgan fingerprint density at radius 1 is 0.880 bits per heavy atom. The maximum absolute atomic E-state index is 11.6. The van der Waals surface area contributed by atoms with Crippen molar-refractivity contribution in [1.29, 1.82) is 0 Å². The molecule has 6 nitrogen and oxygen atoms in total. The summed E-state index contributed by atoms with van der Waals surface area (Å²) < 4.78 is 0. The first-order chi connectivity index (χ1) is 12.0. The van der Waals surface area contributed by atoms with Crippen molar-refractivity contribution in [2.24, 2.45) is 10.2 Å². The highest BCUT2D eigenvalue weighted by molar-refractivity contribution is 7.13. The summed E-state index contributed by atoms with van der Waals surface area (Å²) in [6, 6.07) is 7.87. The Balaban J connectivity index is 1.59. The number of hydrogen-bond donors (Lipinski definition) is 2. The SMILES string of the molecule is Cc1ccc(/C=N/NC(=O)CCCC(=O)N/N=C/c2ccc(C)s2)s1. The number of nitrogens with one attached hydrogen (secondary N) is 2. The maximum Gasteiger partial charge on any atom is 0.240 e. The second-order valence-corrected chi connectivity index (χ2v) is 7.98. The molecule has 2 N–H and O–H groups in total. The van der Waals surface area contributed by atoms with Crippen LogP contribution in [0.5, 0.6) is 0 Å². The lowest BCUT2D eigenvalue weighted by Crippen LogP contribution is -2.20. The van der Waals surface area contributed by atoms with Gasteiger partial charge in [-0.1, -0.05) is 0 Å². The van der Waals surface area contributed by atoms with Crippen molar-refractivity contribution < 1.29 is 9.59 Å². The van der Waals surface area contributed by atoms with Gasteiger partial charge in [0.2, 0.25) is 11.8 Å². The van der Waals surface area contributed by atoms with E-state index in [4.69, 9.17) is 0 Å². The minimum Gasteiger partial charge on any atom is -0.273 e. The van der Waals surface area contributed by atoms with Gasteiger partial charge in [0.15, 0.2) is 0 Å². The fourth-order valence-electron chi connectivity index (χ4n) is 1.90. The van der Waals surface area contributed by atoms with Gasteiger partial charge in [0.25, 0.3) is 0 Å². The molecule has 0 aliphatic rings. The molecule has 0 atom stereocenters. The van der Waals surface area contributed by atoms with Crippen LogP contribution in [0, 0.1) is 13.8 Å². The van der Waals surface area contributed by atoms with Crippen LogP contribution in [0.3, 0.4) is 0 Å². The summed E-state index contributed by atoms with van der Waals surface area (Å²) >= 11 is 3.20. The lowest BCUT2D eigenvalue weighted by molar-refractivity contribution is -0.122. The molecule has 0 saturated heterocycles. The number of amides is 2. The third-order valence-corrected chi connectivity index (χ3v) is 4.96. The molecule has 2 heterocycles. The molecule has 0 aliphatic heterocycles. The molecule has 0 saturated carbocycles. The van der Waals surface area contributed by atoms with Crippen LogP contribution in [0.4, 0.5) is 0 Å². The lowest BCUT2D eigenvalue weighted by Gasteiger charge is -2.00. The number of nitrogens with zero attached hydrogens (tertiary/aromatic N) is 2. The number of hydrogen-bond acceptors (Lipinski definition) is 6. The van der Waals surface area contributed by atoms with Crippen LogP contribution in [-0.2, 0) is 9.59 Å². The van der Waals surface area contributed by atoms with E-state index in [1.54, 1.807) is 35.1 Å². The lowest BCUT2D eigenvalue weighted by atomic mass is 10.2. The average Bonchev–Trinajstić information content (AvgIpc) is 3.16. The van der Waals surface area contributed by atoms with Crippen molar-refractivity contribution in [2.45, 2.75) is 33.1 Å². The Morgan fingerprint density at radius 2 is 1.32 bits per heavy atom. The molecule has 0 spiro atoms. The number of carbonyl (C=O) groups excluding carboxylic acids is 2. The number of hydrazone groups is 2.